The maximum atomic E-state index is 12.6. The number of amides is 1. The van der Waals surface area contributed by atoms with Crippen molar-refractivity contribution in [2.45, 2.75) is 38.8 Å². The Hall–Kier alpha value is -2.20. The van der Waals surface area contributed by atoms with Gasteiger partial charge in [-0.3, -0.25) is 9.78 Å². The number of ether oxygens (including phenoxy) is 1. The Morgan fingerprint density at radius 2 is 2.12 bits per heavy atom. The van der Waals surface area contributed by atoms with Crippen LogP contribution in [0.3, 0.4) is 0 Å². The molecule has 126 valence electrons. The first kappa shape index (κ1) is 16.7. The fourth-order valence-corrected chi connectivity index (χ4v) is 3.08. The number of benzene rings is 1. The zero-order valence-electron chi connectivity index (χ0n) is 14.2. The van der Waals surface area contributed by atoms with Crippen molar-refractivity contribution in [3.63, 3.8) is 0 Å². The molecule has 4 heteroatoms. The van der Waals surface area contributed by atoms with E-state index in [1.54, 1.807) is 6.20 Å². The minimum Gasteiger partial charge on any atom is -0.368 e. The van der Waals surface area contributed by atoms with Crippen molar-refractivity contribution >= 4 is 5.91 Å². The monoisotopic (exact) mass is 324 g/mol. The van der Waals surface area contributed by atoms with E-state index >= 15 is 0 Å². The van der Waals surface area contributed by atoms with Crippen LogP contribution in [0.5, 0.6) is 0 Å². The first-order valence-electron chi connectivity index (χ1n) is 8.51. The number of carbonyl (C=O) groups is 1. The van der Waals surface area contributed by atoms with E-state index in [0.717, 1.165) is 18.4 Å². The molecule has 24 heavy (non-hydrogen) atoms. The SMILES string of the molecule is Cc1ccc(C[C@H](NC(=O)[C@H]2OCC[C@@H]2C)c2cccnc2)cc1. The summed E-state index contributed by atoms with van der Waals surface area (Å²) >= 11 is 0. The van der Waals surface area contributed by atoms with E-state index in [0.29, 0.717) is 6.61 Å². The van der Waals surface area contributed by atoms with Crippen molar-refractivity contribution in [1.29, 1.82) is 0 Å². The number of pyridine rings is 1. The second-order valence-electron chi connectivity index (χ2n) is 6.59. The summed E-state index contributed by atoms with van der Waals surface area (Å²) in [6.07, 6.45) is 4.89. The molecule has 3 atom stereocenters. The molecule has 0 radical (unpaired) electrons. The van der Waals surface area contributed by atoms with E-state index in [4.69, 9.17) is 4.74 Å². The summed E-state index contributed by atoms with van der Waals surface area (Å²) in [5, 5.41) is 3.16. The molecule has 0 unspecified atom stereocenters. The molecule has 1 aromatic carbocycles. The van der Waals surface area contributed by atoms with Gasteiger partial charge in [-0.15, -0.1) is 0 Å². The third-order valence-corrected chi connectivity index (χ3v) is 4.61. The van der Waals surface area contributed by atoms with Gasteiger partial charge in [0.05, 0.1) is 6.04 Å². The van der Waals surface area contributed by atoms with Crippen molar-refractivity contribution < 1.29 is 9.53 Å². The predicted octanol–water partition coefficient (Wildman–Crippen LogP) is 3.22. The van der Waals surface area contributed by atoms with Crippen LogP contribution in [0.2, 0.25) is 0 Å². The third-order valence-electron chi connectivity index (χ3n) is 4.61. The summed E-state index contributed by atoms with van der Waals surface area (Å²) in [5.74, 6) is 0.236. The zero-order chi connectivity index (χ0) is 16.9. The summed E-state index contributed by atoms with van der Waals surface area (Å²) < 4.78 is 5.60. The predicted molar refractivity (Wildman–Crippen MR) is 93.5 cm³/mol. The van der Waals surface area contributed by atoms with Gasteiger partial charge < -0.3 is 10.1 Å². The van der Waals surface area contributed by atoms with E-state index in [2.05, 4.69) is 48.4 Å². The van der Waals surface area contributed by atoms with Crippen LogP contribution in [0, 0.1) is 12.8 Å². The van der Waals surface area contributed by atoms with E-state index < -0.39 is 0 Å². The van der Waals surface area contributed by atoms with Crippen LogP contribution >= 0.6 is 0 Å². The second-order valence-corrected chi connectivity index (χ2v) is 6.59. The number of nitrogens with one attached hydrogen (secondary N) is 1. The Labute approximate surface area is 143 Å². The molecule has 1 aliphatic rings. The van der Waals surface area contributed by atoms with Gasteiger partial charge in [-0.05, 0) is 42.9 Å². The molecule has 4 nitrogen and oxygen atoms in total. The van der Waals surface area contributed by atoms with Crippen LogP contribution in [0.25, 0.3) is 0 Å². The molecule has 0 bridgehead atoms. The smallest absolute Gasteiger partial charge is 0.249 e. The number of carbonyl (C=O) groups excluding carboxylic acids is 1. The maximum absolute atomic E-state index is 12.6. The molecule has 1 fully saturated rings. The minimum absolute atomic E-state index is 0.0269. The molecule has 0 spiro atoms. The van der Waals surface area contributed by atoms with E-state index in [1.807, 2.05) is 18.3 Å². The van der Waals surface area contributed by atoms with Crippen LogP contribution in [0.1, 0.15) is 36.1 Å². The Morgan fingerprint density at radius 3 is 2.75 bits per heavy atom. The van der Waals surface area contributed by atoms with Crippen molar-refractivity contribution in [3.05, 3.63) is 65.5 Å². The van der Waals surface area contributed by atoms with E-state index in [1.165, 1.54) is 11.1 Å². The number of hydrogen-bond acceptors (Lipinski definition) is 3. The molecular formula is C20H24N2O2. The molecule has 3 rings (SSSR count). The Balaban J connectivity index is 1.77. The third kappa shape index (κ3) is 4.01. The molecular weight excluding hydrogens is 300 g/mol. The van der Waals surface area contributed by atoms with Gasteiger partial charge in [-0.1, -0.05) is 42.8 Å². The van der Waals surface area contributed by atoms with Crippen LogP contribution in [-0.4, -0.2) is 23.6 Å². The van der Waals surface area contributed by atoms with E-state index in [9.17, 15) is 4.79 Å². The topological polar surface area (TPSA) is 51.2 Å². The molecule has 0 aliphatic carbocycles. The molecule has 0 saturated carbocycles. The van der Waals surface area contributed by atoms with Crippen LogP contribution < -0.4 is 5.32 Å². The molecule has 2 aromatic rings. The lowest BCUT2D eigenvalue weighted by molar-refractivity contribution is -0.132. The van der Waals surface area contributed by atoms with Crippen LogP contribution in [0.15, 0.2) is 48.8 Å². The van der Waals surface area contributed by atoms with Gasteiger partial charge >= 0.3 is 0 Å². The lowest BCUT2D eigenvalue weighted by Gasteiger charge is -2.22. The molecule has 2 heterocycles. The van der Waals surface area contributed by atoms with Crippen molar-refractivity contribution in [2.24, 2.45) is 5.92 Å². The summed E-state index contributed by atoms with van der Waals surface area (Å²) in [4.78, 5) is 16.8. The van der Waals surface area contributed by atoms with Gasteiger partial charge in [0.1, 0.15) is 6.10 Å². The number of rotatable bonds is 5. The summed E-state index contributed by atoms with van der Waals surface area (Å²) in [5.41, 5.74) is 3.43. The fourth-order valence-electron chi connectivity index (χ4n) is 3.08. The van der Waals surface area contributed by atoms with Gasteiger partial charge in [0.25, 0.3) is 0 Å². The highest BCUT2D eigenvalue weighted by atomic mass is 16.5. The summed E-state index contributed by atoms with van der Waals surface area (Å²) in [7, 11) is 0. The Bertz CT molecular complexity index is 670. The number of hydrogen-bond donors (Lipinski definition) is 1. The Kier molecular flexibility index (Phi) is 5.26. The number of nitrogens with zero attached hydrogens (tertiary/aromatic N) is 1. The van der Waals surface area contributed by atoms with Crippen molar-refractivity contribution in [2.75, 3.05) is 6.61 Å². The van der Waals surface area contributed by atoms with Crippen molar-refractivity contribution in [3.8, 4) is 0 Å². The first-order valence-corrected chi connectivity index (χ1v) is 8.51. The highest BCUT2D eigenvalue weighted by Crippen LogP contribution is 2.23. The molecule has 1 amide bonds. The molecule has 1 N–H and O–H groups in total. The largest absolute Gasteiger partial charge is 0.368 e. The summed E-state index contributed by atoms with van der Waals surface area (Å²) in [6, 6.07) is 12.2. The molecule has 1 aliphatic heterocycles. The lowest BCUT2D eigenvalue weighted by Crippen LogP contribution is -2.40. The fraction of sp³-hybridized carbons (Fsp3) is 0.400. The quantitative estimate of drug-likeness (QED) is 0.919. The average Bonchev–Trinajstić information content (AvgIpc) is 3.03. The van der Waals surface area contributed by atoms with E-state index in [-0.39, 0.29) is 24.0 Å². The van der Waals surface area contributed by atoms with Gasteiger partial charge in [0.2, 0.25) is 5.91 Å². The van der Waals surface area contributed by atoms with Gasteiger partial charge in [0.15, 0.2) is 0 Å². The van der Waals surface area contributed by atoms with Crippen LogP contribution in [-0.2, 0) is 16.0 Å². The normalized spacial score (nSPS) is 21.4. The van der Waals surface area contributed by atoms with Crippen molar-refractivity contribution in [1.82, 2.24) is 10.3 Å². The highest BCUT2D eigenvalue weighted by Gasteiger charge is 2.32. The Morgan fingerprint density at radius 1 is 1.33 bits per heavy atom. The van der Waals surface area contributed by atoms with Gasteiger partial charge in [-0.25, -0.2) is 0 Å². The average molecular weight is 324 g/mol. The number of aromatic nitrogens is 1. The van der Waals surface area contributed by atoms with Crippen LogP contribution in [0.4, 0.5) is 0 Å². The standard InChI is InChI=1S/C20H24N2O2/c1-14-5-7-16(8-6-14)12-18(17-4-3-10-21-13-17)22-20(23)19-15(2)9-11-24-19/h3-8,10,13,15,18-19H,9,11-12H2,1-2H3,(H,22,23)/t15-,18-,19-/m0/s1. The maximum Gasteiger partial charge on any atom is 0.249 e. The molecule has 1 aromatic heterocycles. The lowest BCUT2D eigenvalue weighted by atomic mass is 9.98. The summed E-state index contributed by atoms with van der Waals surface area (Å²) in [6.45, 7) is 4.80. The molecule has 1 saturated heterocycles. The van der Waals surface area contributed by atoms with Gasteiger partial charge in [-0.2, -0.15) is 0 Å². The minimum atomic E-state index is -0.345. The first-order chi connectivity index (χ1) is 11.6. The zero-order valence-corrected chi connectivity index (χ0v) is 14.2. The number of aryl methyl sites for hydroxylation is 1. The highest BCUT2D eigenvalue weighted by molar-refractivity contribution is 5.81. The van der Waals surface area contributed by atoms with Gasteiger partial charge in [0, 0.05) is 19.0 Å². The second kappa shape index (κ2) is 7.58.